The van der Waals surface area contributed by atoms with E-state index >= 15 is 0 Å². The Hall–Kier alpha value is -2.74. The molecule has 0 aliphatic carbocycles. The van der Waals surface area contributed by atoms with E-state index in [1.54, 1.807) is 0 Å². The zero-order chi connectivity index (χ0) is 18.0. The first kappa shape index (κ1) is 17.1. The van der Waals surface area contributed by atoms with Crippen molar-refractivity contribution in [2.75, 3.05) is 0 Å². The second kappa shape index (κ2) is 7.02. The molecule has 8 heteroatoms. The van der Waals surface area contributed by atoms with Crippen LogP contribution in [0.1, 0.15) is 36.4 Å². The van der Waals surface area contributed by atoms with Crippen molar-refractivity contribution in [3.05, 3.63) is 56.6 Å². The lowest BCUT2D eigenvalue weighted by Crippen LogP contribution is -2.16. The number of furan rings is 1. The molecule has 0 unspecified atom stereocenters. The van der Waals surface area contributed by atoms with Gasteiger partial charge in [-0.25, -0.2) is 0 Å². The molecule has 2 aromatic heterocycles. The van der Waals surface area contributed by atoms with Gasteiger partial charge in [0.25, 0.3) is 0 Å². The Morgan fingerprint density at radius 2 is 2.12 bits per heavy atom. The van der Waals surface area contributed by atoms with Gasteiger partial charge in [-0.2, -0.15) is 4.99 Å². The number of fused-ring (bicyclic) bond motifs is 1. The van der Waals surface area contributed by atoms with Gasteiger partial charge in [0.2, 0.25) is 5.76 Å². The molecule has 3 aromatic rings. The Bertz CT molecular complexity index is 1010. The van der Waals surface area contributed by atoms with Crippen molar-refractivity contribution in [1.29, 1.82) is 0 Å². The number of aromatic nitrogens is 1. The number of hydrogen-bond donors (Lipinski definition) is 0. The Balaban J connectivity index is 2.08. The van der Waals surface area contributed by atoms with Crippen LogP contribution in [0.15, 0.2) is 39.7 Å². The van der Waals surface area contributed by atoms with Crippen LogP contribution in [0, 0.1) is 10.1 Å². The third-order valence-electron chi connectivity index (χ3n) is 3.78. The summed E-state index contributed by atoms with van der Waals surface area (Å²) in [6, 6.07) is 8.65. The zero-order valence-corrected chi connectivity index (χ0v) is 14.7. The first-order valence-electron chi connectivity index (χ1n) is 7.99. The van der Waals surface area contributed by atoms with Crippen LogP contribution in [0.25, 0.3) is 10.2 Å². The van der Waals surface area contributed by atoms with Gasteiger partial charge in [0.15, 0.2) is 4.80 Å². The van der Waals surface area contributed by atoms with E-state index < -0.39 is 16.7 Å². The predicted molar refractivity (Wildman–Crippen MR) is 94.7 cm³/mol. The minimum absolute atomic E-state index is 0.138. The average molecular weight is 359 g/mol. The molecule has 0 N–H and O–H groups in total. The summed E-state index contributed by atoms with van der Waals surface area (Å²) in [6.45, 7) is 4.88. The summed E-state index contributed by atoms with van der Waals surface area (Å²) in [7, 11) is 0. The van der Waals surface area contributed by atoms with E-state index in [0.717, 1.165) is 35.7 Å². The van der Waals surface area contributed by atoms with Gasteiger partial charge in [-0.05, 0) is 36.6 Å². The second-order valence-electron chi connectivity index (χ2n) is 5.50. The van der Waals surface area contributed by atoms with Gasteiger partial charge in [0.1, 0.15) is 4.92 Å². The molecule has 7 nitrogen and oxygen atoms in total. The summed E-state index contributed by atoms with van der Waals surface area (Å²) >= 11 is 1.43. The van der Waals surface area contributed by atoms with Gasteiger partial charge in [-0.1, -0.05) is 31.3 Å². The number of amides is 1. The number of hydrogen-bond acceptors (Lipinski definition) is 5. The minimum atomic E-state index is -0.681. The molecular formula is C17H17N3O4S. The highest BCUT2D eigenvalue weighted by molar-refractivity contribution is 7.16. The minimum Gasteiger partial charge on any atom is -0.395 e. The number of aryl methyl sites for hydroxylation is 2. The molecule has 2 heterocycles. The second-order valence-corrected chi connectivity index (χ2v) is 6.51. The zero-order valence-electron chi connectivity index (χ0n) is 13.9. The molecule has 0 bridgehead atoms. The smallest absolute Gasteiger partial charge is 0.395 e. The first-order valence-corrected chi connectivity index (χ1v) is 8.80. The van der Waals surface area contributed by atoms with Crippen LogP contribution < -0.4 is 4.80 Å². The number of carbonyl (C=O) groups excluding carboxylic acids is 1. The highest BCUT2D eigenvalue weighted by Crippen LogP contribution is 2.21. The summed E-state index contributed by atoms with van der Waals surface area (Å²) in [5.74, 6) is -1.23. The van der Waals surface area contributed by atoms with Gasteiger partial charge in [0.05, 0.1) is 16.3 Å². The maximum atomic E-state index is 12.3. The van der Waals surface area contributed by atoms with Crippen molar-refractivity contribution in [3.8, 4) is 0 Å². The van der Waals surface area contributed by atoms with Crippen LogP contribution in [-0.2, 0) is 13.0 Å². The van der Waals surface area contributed by atoms with E-state index in [2.05, 4.69) is 31.0 Å². The molecule has 0 aliphatic rings. The third kappa shape index (κ3) is 3.39. The van der Waals surface area contributed by atoms with Crippen molar-refractivity contribution in [2.24, 2.45) is 4.99 Å². The van der Waals surface area contributed by atoms with Gasteiger partial charge >= 0.3 is 11.8 Å². The fraction of sp³-hybridized carbons (Fsp3) is 0.294. The average Bonchev–Trinajstić information content (AvgIpc) is 3.20. The number of carbonyl (C=O) groups is 1. The molecule has 3 rings (SSSR count). The fourth-order valence-electron chi connectivity index (χ4n) is 2.55. The van der Waals surface area contributed by atoms with Crippen LogP contribution in [0.5, 0.6) is 0 Å². The van der Waals surface area contributed by atoms with Crippen molar-refractivity contribution in [2.45, 2.75) is 33.2 Å². The normalized spacial score (nSPS) is 12.0. The molecule has 0 aliphatic heterocycles. The van der Waals surface area contributed by atoms with E-state index in [1.165, 1.54) is 23.0 Å². The van der Waals surface area contributed by atoms with E-state index in [0.29, 0.717) is 4.80 Å². The summed E-state index contributed by atoms with van der Waals surface area (Å²) in [5, 5.41) is 10.7. The molecule has 0 saturated heterocycles. The lowest BCUT2D eigenvalue weighted by atomic mass is 10.2. The third-order valence-corrected chi connectivity index (χ3v) is 4.82. The van der Waals surface area contributed by atoms with Crippen LogP contribution in [-0.4, -0.2) is 15.4 Å². The van der Waals surface area contributed by atoms with Crippen LogP contribution >= 0.6 is 11.3 Å². The molecular weight excluding hydrogens is 342 g/mol. The SMILES string of the molecule is CCCn1c(=NC(=O)c2ccc([N+](=O)[O-])o2)sc2cc(CC)ccc21. The van der Waals surface area contributed by atoms with E-state index in [-0.39, 0.29) is 5.76 Å². The predicted octanol–water partition coefficient (Wildman–Crippen LogP) is 3.92. The van der Waals surface area contributed by atoms with Crippen molar-refractivity contribution in [3.63, 3.8) is 0 Å². The lowest BCUT2D eigenvalue weighted by Gasteiger charge is -2.03. The Morgan fingerprint density at radius 1 is 1.32 bits per heavy atom. The number of nitro groups is 1. The maximum absolute atomic E-state index is 12.3. The Morgan fingerprint density at radius 3 is 2.76 bits per heavy atom. The van der Waals surface area contributed by atoms with E-state index in [9.17, 15) is 14.9 Å². The van der Waals surface area contributed by atoms with E-state index in [4.69, 9.17) is 4.42 Å². The highest BCUT2D eigenvalue weighted by Gasteiger charge is 2.17. The summed E-state index contributed by atoms with van der Waals surface area (Å²) < 4.78 is 8.00. The number of thiazole rings is 1. The molecule has 0 fully saturated rings. The molecule has 25 heavy (non-hydrogen) atoms. The van der Waals surface area contributed by atoms with Gasteiger partial charge in [0, 0.05) is 6.54 Å². The fourth-order valence-corrected chi connectivity index (χ4v) is 3.66. The van der Waals surface area contributed by atoms with Crippen molar-refractivity contribution < 1.29 is 14.1 Å². The molecule has 0 atom stereocenters. The Labute approximate surface area is 147 Å². The molecule has 1 aromatic carbocycles. The number of nitrogens with zero attached hydrogens (tertiary/aromatic N) is 3. The van der Waals surface area contributed by atoms with E-state index in [1.807, 2.05) is 10.6 Å². The summed E-state index contributed by atoms with van der Waals surface area (Å²) in [4.78, 5) is 27.0. The van der Waals surface area contributed by atoms with Gasteiger partial charge in [-0.15, -0.1) is 0 Å². The largest absolute Gasteiger partial charge is 0.433 e. The van der Waals surface area contributed by atoms with Crippen LogP contribution in [0.2, 0.25) is 0 Å². The summed E-state index contributed by atoms with van der Waals surface area (Å²) in [5.41, 5.74) is 2.25. The number of rotatable bonds is 5. The molecule has 1 amide bonds. The monoisotopic (exact) mass is 359 g/mol. The maximum Gasteiger partial charge on any atom is 0.433 e. The Kier molecular flexibility index (Phi) is 4.80. The first-order chi connectivity index (χ1) is 12.0. The van der Waals surface area contributed by atoms with Crippen molar-refractivity contribution >= 4 is 33.3 Å². The highest BCUT2D eigenvalue weighted by atomic mass is 32.1. The van der Waals surface area contributed by atoms with Gasteiger partial charge < -0.3 is 8.98 Å². The van der Waals surface area contributed by atoms with Crippen LogP contribution in [0.3, 0.4) is 0 Å². The number of benzene rings is 1. The quantitative estimate of drug-likeness (QED) is 0.510. The lowest BCUT2D eigenvalue weighted by molar-refractivity contribution is -0.402. The van der Waals surface area contributed by atoms with Crippen molar-refractivity contribution in [1.82, 2.24) is 4.57 Å². The molecule has 0 saturated carbocycles. The topological polar surface area (TPSA) is 90.6 Å². The molecule has 0 spiro atoms. The molecule has 130 valence electrons. The van der Waals surface area contributed by atoms with Crippen LogP contribution in [0.4, 0.5) is 5.88 Å². The summed E-state index contributed by atoms with van der Waals surface area (Å²) in [6.07, 6.45) is 1.83. The molecule has 0 radical (unpaired) electrons. The van der Waals surface area contributed by atoms with Gasteiger partial charge in [-0.3, -0.25) is 14.9 Å². The standard InChI is InChI=1S/C17H17N3O4S/c1-3-9-19-12-6-5-11(4-2)10-14(12)25-17(19)18-16(21)13-7-8-15(24-13)20(22)23/h5-8,10H,3-4,9H2,1-2H3.